The molecule has 0 spiro atoms. The molecular weight excluding hydrogens is 352 g/mol. The molecule has 0 unspecified atom stereocenters. The summed E-state index contributed by atoms with van der Waals surface area (Å²) in [5.74, 6) is 1.42. The SMILES string of the molecule is CCCc1cnc(C)nc1-c1cccc(C(=O)N(C)Cc2c(C)noc2C)c1. The van der Waals surface area contributed by atoms with E-state index >= 15 is 0 Å². The summed E-state index contributed by atoms with van der Waals surface area (Å²) in [6, 6.07) is 7.64. The van der Waals surface area contributed by atoms with Crippen molar-refractivity contribution >= 4 is 5.91 Å². The second kappa shape index (κ2) is 8.33. The van der Waals surface area contributed by atoms with Gasteiger partial charge in [-0.15, -0.1) is 0 Å². The highest BCUT2D eigenvalue weighted by Crippen LogP contribution is 2.24. The lowest BCUT2D eigenvalue weighted by Gasteiger charge is -2.18. The summed E-state index contributed by atoms with van der Waals surface area (Å²) in [7, 11) is 1.79. The van der Waals surface area contributed by atoms with Crippen LogP contribution in [0.1, 0.15) is 52.1 Å². The first kappa shape index (κ1) is 19.7. The number of rotatable bonds is 6. The van der Waals surface area contributed by atoms with Crippen LogP contribution in [0.2, 0.25) is 0 Å². The van der Waals surface area contributed by atoms with E-state index in [-0.39, 0.29) is 5.91 Å². The van der Waals surface area contributed by atoms with Crippen LogP contribution in [0.3, 0.4) is 0 Å². The molecule has 3 aromatic rings. The van der Waals surface area contributed by atoms with Crippen molar-refractivity contribution in [1.82, 2.24) is 20.0 Å². The summed E-state index contributed by atoms with van der Waals surface area (Å²) in [5.41, 5.74) is 5.32. The highest BCUT2D eigenvalue weighted by atomic mass is 16.5. The van der Waals surface area contributed by atoms with Crippen molar-refractivity contribution in [2.45, 2.75) is 47.1 Å². The van der Waals surface area contributed by atoms with E-state index in [0.717, 1.165) is 52.5 Å². The van der Waals surface area contributed by atoms with Gasteiger partial charge >= 0.3 is 0 Å². The molecule has 0 atom stereocenters. The van der Waals surface area contributed by atoms with Crippen LogP contribution in [-0.2, 0) is 13.0 Å². The standard InChI is InChI=1S/C22H26N4O2/c1-6-8-19-12-23-16(4)24-21(19)17-9-7-10-18(11-17)22(27)26(5)13-20-14(2)25-28-15(20)3/h7,9-12H,6,8,13H2,1-5H3. The minimum absolute atomic E-state index is 0.0512. The lowest BCUT2D eigenvalue weighted by Crippen LogP contribution is -2.26. The molecule has 6 heteroatoms. The van der Waals surface area contributed by atoms with Gasteiger partial charge in [0.2, 0.25) is 0 Å². The molecule has 0 bridgehead atoms. The van der Waals surface area contributed by atoms with Gasteiger partial charge in [0.05, 0.1) is 17.9 Å². The Labute approximate surface area is 165 Å². The largest absolute Gasteiger partial charge is 0.361 e. The van der Waals surface area contributed by atoms with Gasteiger partial charge in [-0.05, 0) is 44.9 Å². The second-order valence-corrected chi connectivity index (χ2v) is 7.09. The van der Waals surface area contributed by atoms with Crippen molar-refractivity contribution < 1.29 is 9.32 Å². The van der Waals surface area contributed by atoms with Crippen LogP contribution >= 0.6 is 0 Å². The van der Waals surface area contributed by atoms with Crippen LogP contribution in [0, 0.1) is 20.8 Å². The molecule has 0 saturated carbocycles. The highest BCUT2D eigenvalue weighted by molar-refractivity contribution is 5.95. The molecule has 6 nitrogen and oxygen atoms in total. The first-order chi connectivity index (χ1) is 13.4. The second-order valence-electron chi connectivity index (χ2n) is 7.09. The van der Waals surface area contributed by atoms with Gasteiger partial charge in [-0.2, -0.15) is 0 Å². The monoisotopic (exact) mass is 378 g/mol. The zero-order valence-corrected chi connectivity index (χ0v) is 17.1. The normalized spacial score (nSPS) is 10.9. The van der Waals surface area contributed by atoms with E-state index in [4.69, 9.17) is 4.52 Å². The first-order valence-electron chi connectivity index (χ1n) is 9.50. The maximum Gasteiger partial charge on any atom is 0.253 e. The van der Waals surface area contributed by atoms with E-state index in [2.05, 4.69) is 22.0 Å². The Kier molecular flexibility index (Phi) is 5.87. The summed E-state index contributed by atoms with van der Waals surface area (Å²) in [6.45, 7) is 8.22. The molecule has 0 aliphatic heterocycles. The van der Waals surface area contributed by atoms with Gasteiger partial charge in [0, 0.05) is 29.9 Å². The molecule has 0 saturated heterocycles. The van der Waals surface area contributed by atoms with Crippen LogP contribution in [-0.4, -0.2) is 33.0 Å². The third kappa shape index (κ3) is 4.11. The lowest BCUT2D eigenvalue weighted by atomic mass is 10.0. The zero-order valence-electron chi connectivity index (χ0n) is 17.1. The number of benzene rings is 1. The molecule has 0 N–H and O–H groups in total. The predicted molar refractivity (Wildman–Crippen MR) is 108 cm³/mol. The quantitative estimate of drug-likeness (QED) is 0.640. The molecule has 2 aromatic heterocycles. The van der Waals surface area contributed by atoms with Crippen LogP contribution < -0.4 is 0 Å². The predicted octanol–water partition coefficient (Wildman–Crippen LogP) is 4.28. The first-order valence-corrected chi connectivity index (χ1v) is 9.50. The number of aryl methyl sites for hydroxylation is 4. The molecule has 0 aliphatic rings. The van der Waals surface area contributed by atoms with Gasteiger partial charge in [-0.3, -0.25) is 4.79 Å². The summed E-state index contributed by atoms with van der Waals surface area (Å²) in [4.78, 5) is 23.6. The zero-order chi connectivity index (χ0) is 20.3. The molecule has 146 valence electrons. The Morgan fingerprint density at radius 2 is 2.00 bits per heavy atom. The summed E-state index contributed by atoms with van der Waals surface area (Å²) in [5, 5.41) is 3.96. The molecule has 1 amide bonds. The molecular formula is C22H26N4O2. The van der Waals surface area contributed by atoms with Crippen molar-refractivity contribution in [3.63, 3.8) is 0 Å². The number of hydrogen-bond acceptors (Lipinski definition) is 5. The minimum atomic E-state index is -0.0512. The molecule has 0 radical (unpaired) electrons. The topological polar surface area (TPSA) is 72.1 Å². The number of nitrogens with zero attached hydrogens (tertiary/aromatic N) is 4. The van der Waals surface area contributed by atoms with E-state index in [9.17, 15) is 4.79 Å². The Morgan fingerprint density at radius 3 is 2.68 bits per heavy atom. The van der Waals surface area contributed by atoms with Crippen LogP contribution in [0.4, 0.5) is 0 Å². The molecule has 1 aromatic carbocycles. The van der Waals surface area contributed by atoms with Crippen LogP contribution in [0.15, 0.2) is 35.0 Å². The van der Waals surface area contributed by atoms with Gasteiger partial charge in [0.1, 0.15) is 11.6 Å². The van der Waals surface area contributed by atoms with E-state index in [0.29, 0.717) is 12.1 Å². The van der Waals surface area contributed by atoms with Crippen LogP contribution in [0.25, 0.3) is 11.3 Å². The van der Waals surface area contributed by atoms with Crippen molar-refractivity contribution in [3.05, 3.63) is 64.4 Å². The van der Waals surface area contributed by atoms with Crippen molar-refractivity contribution in [1.29, 1.82) is 0 Å². The lowest BCUT2D eigenvalue weighted by molar-refractivity contribution is 0.0784. The van der Waals surface area contributed by atoms with Gasteiger partial charge < -0.3 is 9.42 Å². The third-order valence-electron chi connectivity index (χ3n) is 4.81. The average Bonchev–Trinajstić information content (AvgIpc) is 3.01. The Hall–Kier alpha value is -3.02. The van der Waals surface area contributed by atoms with E-state index in [1.54, 1.807) is 11.9 Å². The number of aromatic nitrogens is 3. The Bertz CT molecular complexity index is 974. The van der Waals surface area contributed by atoms with E-state index < -0.39 is 0 Å². The van der Waals surface area contributed by atoms with Gasteiger partial charge in [0.15, 0.2) is 0 Å². The Balaban J connectivity index is 1.89. The summed E-state index contributed by atoms with van der Waals surface area (Å²) < 4.78 is 5.20. The maximum atomic E-state index is 13.0. The third-order valence-corrected chi connectivity index (χ3v) is 4.81. The van der Waals surface area contributed by atoms with Crippen molar-refractivity contribution in [2.75, 3.05) is 7.05 Å². The molecule has 2 heterocycles. The smallest absolute Gasteiger partial charge is 0.253 e. The number of amides is 1. The fourth-order valence-corrected chi connectivity index (χ4v) is 3.25. The summed E-state index contributed by atoms with van der Waals surface area (Å²) in [6.07, 6.45) is 3.80. The van der Waals surface area contributed by atoms with E-state index in [1.165, 1.54) is 0 Å². The summed E-state index contributed by atoms with van der Waals surface area (Å²) >= 11 is 0. The van der Waals surface area contributed by atoms with Crippen LogP contribution in [0.5, 0.6) is 0 Å². The minimum Gasteiger partial charge on any atom is -0.361 e. The Morgan fingerprint density at radius 1 is 1.21 bits per heavy atom. The highest BCUT2D eigenvalue weighted by Gasteiger charge is 2.18. The van der Waals surface area contributed by atoms with Gasteiger partial charge in [0.25, 0.3) is 5.91 Å². The number of hydrogen-bond donors (Lipinski definition) is 0. The molecule has 28 heavy (non-hydrogen) atoms. The number of carbonyl (C=O) groups is 1. The number of carbonyl (C=O) groups excluding carboxylic acids is 1. The molecule has 0 aliphatic carbocycles. The molecule has 3 rings (SSSR count). The van der Waals surface area contributed by atoms with Crippen molar-refractivity contribution in [2.24, 2.45) is 0 Å². The van der Waals surface area contributed by atoms with Gasteiger partial charge in [-0.1, -0.05) is 30.6 Å². The van der Waals surface area contributed by atoms with E-state index in [1.807, 2.05) is 51.2 Å². The van der Waals surface area contributed by atoms with Gasteiger partial charge in [-0.25, -0.2) is 9.97 Å². The average molecular weight is 378 g/mol. The maximum absolute atomic E-state index is 13.0. The molecule has 0 fully saturated rings. The van der Waals surface area contributed by atoms with Crippen molar-refractivity contribution in [3.8, 4) is 11.3 Å². The fourth-order valence-electron chi connectivity index (χ4n) is 3.25. The fraction of sp³-hybridized carbons (Fsp3) is 0.364.